The molecule has 0 aliphatic heterocycles. The van der Waals surface area contributed by atoms with E-state index in [1.54, 1.807) is 16.8 Å². The van der Waals surface area contributed by atoms with Crippen LogP contribution in [0.4, 0.5) is 5.82 Å². The maximum atomic E-state index is 11.5. The van der Waals surface area contributed by atoms with Crippen molar-refractivity contribution in [3.05, 3.63) is 93.5 Å². The Labute approximate surface area is 193 Å². The molecule has 0 amide bonds. The van der Waals surface area contributed by atoms with Crippen LogP contribution in [0.15, 0.2) is 70.8 Å². The minimum absolute atomic E-state index is 0.233. The number of aromatic hydroxyl groups is 1. The van der Waals surface area contributed by atoms with Crippen LogP contribution in [0.1, 0.15) is 24.1 Å². The lowest BCUT2D eigenvalue weighted by molar-refractivity contribution is 0.454. The second-order valence-corrected chi connectivity index (χ2v) is 8.25. The summed E-state index contributed by atoms with van der Waals surface area (Å²) >= 11 is 0. The number of fused-ring (bicyclic) bond motifs is 1. The molecule has 5 aromatic rings. The van der Waals surface area contributed by atoms with Crippen LogP contribution in [0.5, 0.6) is 5.88 Å². The molecule has 0 bridgehead atoms. The van der Waals surface area contributed by atoms with E-state index >= 15 is 0 Å². The lowest BCUT2D eigenvalue weighted by atomic mass is 10.1. The first-order valence-corrected chi connectivity index (χ1v) is 11.0. The van der Waals surface area contributed by atoms with Gasteiger partial charge in [-0.1, -0.05) is 18.2 Å². The second kappa shape index (κ2) is 8.07. The van der Waals surface area contributed by atoms with Crippen LogP contribution < -0.4 is 21.7 Å². The van der Waals surface area contributed by atoms with Gasteiger partial charge in [-0.15, -0.1) is 0 Å². The molecule has 4 N–H and O–H groups in total. The van der Waals surface area contributed by atoms with Gasteiger partial charge in [-0.05, 0) is 42.7 Å². The molecule has 1 aliphatic carbocycles. The summed E-state index contributed by atoms with van der Waals surface area (Å²) in [5, 5.41) is 18.5. The van der Waals surface area contributed by atoms with Crippen LogP contribution in [0.3, 0.4) is 0 Å². The molecule has 10 heteroatoms. The Balaban J connectivity index is 1.41. The quantitative estimate of drug-likeness (QED) is 0.309. The highest BCUT2D eigenvalue weighted by Crippen LogP contribution is 2.22. The van der Waals surface area contributed by atoms with Crippen LogP contribution in [0.25, 0.3) is 17.4 Å². The number of nitrogens with one attached hydrogen (secondary N) is 3. The van der Waals surface area contributed by atoms with Gasteiger partial charge >= 0.3 is 5.69 Å². The van der Waals surface area contributed by atoms with Crippen LogP contribution in [-0.2, 0) is 6.54 Å². The normalized spacial score (nSPS) is 14.8. The molecule has 4 heterocycles. The molecular weight excluding hydrogens is 432 g/mol. The highest BCUT2D eigenvalue weighted by Gasteiger charge is 2.20. The van der Waals surface area contributed by atoms with E-state index in [4.69, 9.17) is 9.98 Å². The van der Waals surface area contributed by atoms with E-state index < -0.39 is 5.69 Å². The number of aromatic nitrogens is 6. The van der Waals surface area contributed by atoms with Gasteiger partial charge in [0.1, 0.15) is 11.5 Å². The largest absolute Gasteiger partial charge is 0.493 e. The molecule has 0 atom stereocenters. The minimum Gasteiger partial charge on any atom is -0.493 e. The number of hydrogen-bond acceptors (Lipinski definition) is 6. The summed E-state index contributed by atoms with van der Waals surface area (Å²) in [4.78, 5) is 26.0. The van der Waals surface area contributed by atoms with Crippen LogP contribution in [0, 0.1) is 0 Å². The average molecular weight is 454 g/mol. The van der Waals surface area contributed by atoms with Gasteiger partial charge in [0, 0.05) is 35.9 Å². The van der Waals surface area contributed by atoms with Gasteiger partial charge in [-0.3, -0.25) is 9.98 Å². The first-order chi connectivity index (χ1) is 16.6. The van der Waals surface area contributed by atoms with Crippen LogP contribution in [-0.4, -0.2) is 40.3 Å². The Morgan fingerprint density at radius 1 is 1.18 bits per heavy atom. The van der Waals surface area contributed by atoms with Gasteiger partial charge in [0.05, 0.1) is 12.2 Å². The fourth-order valence-electron chi connectivity index (χ4n) is 3.88. The van der Waals surface area contributed by atoms with E-state index in [0.717, 1.165) is 24.1 Å². The van der Waals surface area contributed by atoms with Gasteiger partial charge in [0.25, 0.3) is 0 Å². The van der Waals surface area contributed by atoms with Gasteiger partial charge in [-0.25, -0.2) is 9.78 Å². The van der Waals surface area contributed by atoms with Crippen molar-refractivity contribution in [3.8, 4) is 11.6 Å². The Hall–Kier alpha value is -4.60. The summed E-state index contributed by atoms with van der Waals surface area (Å²) in [6, 6.07) is 14.4. The zero-order chi connectivity index (χ0) is 23.1. The molecular formula is C24H22N8O2. The van der Waals surface area contributed by atoms with Crippen molar-refractivity contribution in [1.29, 1.82) is 0 Å². The number of nitrogens with zero attached hydrogens (tertiary/aromatic N) is 5. The lowest BCUT2D eigenvalue weighted by Gasteiger charge is -2.12. The van der Waals surface area contributed by atoms with Gasteiger partial charge in [-0.2, -0.15) is 9.61 Å². The van der Waals surface area contributed by atoms with Crippen LogP contribution >= 0.6 is 0 Å². The smallest absolute Gasteiger partial charge is 0.326 e. The van der Waals surface area contributed by atoms with Gasteiger partial charge < -0.3 is 20.0 Å². The van der Waals surface area contributed by atoms with E-state index in [1.165, 1.54) is 0 Å². The van der Waals surface area contributed by atoms with E-state index in [1.807, 2.05) is 42.7 Å². The molecule has 0 unspecified atom stereocenters. The Morgan fingerprint density at radius 3 is 2.76 bits per heavy atom. The van der Waals surface area contributed by atoms with Crippen molar-refractivity contribution in [2.24, 2.45) is 4.99 Å². The average Bonchev–Trinajstić information content (AvgIpc) is 3.20. The predicted molar refractivity (Wildman–Crippen MR) is 127 cm³/mol. The Kier molecular flexibility index (Phi) is 4.76. The molecule has 0 radical (unpaired) electrons. The summed E-state index contributed by atoms with van der Waals surface area (Å²) < 4.78 is 3.76. The summed E-state index contributed by atoms with van der Waals surface area (Å²) in [5.74, 6) is 0.430. The monoisotopic (exact) mass is 454 g/mol. The first kappa shape index (κ1) is 20.0. The molecule has 0 spiro atoms. The predicted octanol–water partition coefficient (Wildman–Crippen LogP) is 1.46. The SMILES string of the molecule is O=c1[nH]c(O)c(/C=c2\cnn3c(=NC4CC4)cc(NCc4ccccc4-n4cccc4)nc23)[nH]1. The molecule has 34 heavy (non-hydrogen) atoms. The maximum absolute atomic E-state index is 11.5. The van der Waals surface area contributed by atoms with E-state index in [2.05, 4.69) is 37.1 Å². The molecule has 1 aliphatic rings. The third kappa shape index (κ3) is 3.85. The molecule has 170 valence electrons. The summed E-state index contributed by atoms with van der Waals surface area (Å²) in [5.41, 5.74) is 3.28. The number of imidazole rings is 1. The molecule has 0 saturated heterocycles. The minimum atomic E-state index is -0.485. The van der Waals surface area contributed by atoms with E-state index in [9.17, 15) is 9.90 Å². The summed E-state index contributed by atoms with van der Waals surface area (Å²) in [6.45, 7) is 0.569. The van der Waals surface area contributed by atoms with Crippen molar-refractivity contribution in [2.75, 3.05) is 5.32 Å². The first-order valence-electron chi connectivity index (χ1n) is 11.0. The van der Waals surface area contributed by atoms with E-state index in [0.29, 0.717) is 34.8 Å². The number of para-hydroxylation sites is 1. The molecule has 4 aromatic heterocycles. The highest BCUT2D eigenvalue weighted by molar-refractivity contribution is 5.58. The number of aromatic amines is 2. The third-order valence-corrected chi connectivity index (χ3v) is 5.71. The maximum Gasteiger partial charge on any atom is 0.326 e. The summed E-state index contributed by atoms with van der Waals surface area (Å²) in [6.07, 6.45) is 9.44. The third-order valence-electron chi connectivity index (χ3n) is 5.71. The molecule has 1 aromatic carbocycles. The summed E-state index contributed by atoms with van der Waals surface area (Å²) in [7, 11) is 0. The number of rotatable bonds is 6. The van der Waals surface area contributed by atoms with Gasteiger partial charge in [0.15, 0.2) is 11.1 Å². The fourth-order valence-corrected chi connectivity index (χ4v) is 3.88. The second-order valence-electron chi connectivity index (χ2n) is 8.25. The molecule has 6 rings (SSSR count). The Morgan fingerprint density at radius 2 is 2.00 bits per heavy atom. The van der Waals surface area contributed by atoms with Gasteiger partial charge in [0.2, 0.25) is 5.88 Å². The lowest BCUT2D eigenvalue weighted by Crippen LogP contribution is -2.20. The van der Waals surface area contributed by atoms with Crippen molar-refractivity contribution < 1.29 is 5.11 Å². The number of H-pyrrole nitrogens is 2. The number of anilines is 1. The van der Waals surface area contributed by atoms with E-state index in [-0.39, 0.29) is 11.6 Å². The molecule has 1 saturated carbocycles. The topological polar surface area (TPSA) is 128 Å². The fraction of sp³-hybridized carbons (Fsp3) is 0.167. The zero-order valence-electron chi connectivity index (χ0n) is 18.1. The standard InChI is InChI=1S/C24H22N8O2/c33-23-18(28-24(34)30-23)11-16-14-26-32-21(27-17-7-8-17)12-20(29-22(16)32)25-13-15-5-1-2-6-19(15)31-9-3-4-10-31/h1-6,9-12,14,17,25,33H,7-8,13H2,(H2,28,30,34)/b16-11+,27-21?. The molecule has 1 fully saturated rings. The zero-order valence-corrected chi connectivity index (χ0v) is 18.1. The number of benzene rings is 1. The Bertz CT molecular complexity index is 1660. The van der Waals surface area contributed by atoms with Crippen molar-refractivity contribution in [2.45, 2.75) is 25.4 Å². The number of hydrogen-bond donors (Lipinski definition) is 4. The van der Waals surface area contributed by atoms with Crippen molar-refractivity contribution in [3.63, 3.8) is 0 Å². The molecule has 10 nitrogen and oxygen atoms in total. The highest BCUT2D eigenvalue weighted by atomic mass is 16.3. The van der Waals surface area contributed by atoms with Crippen LogP contribution in [0.2, 0.25) is 0 Å². The van der Waals surface area contributed by atoms with Crippen molar-refractivity contribution >= 4 is 17.5 Å². The van der Waals surface area contributed by atoms with Crippen molar-refractivity contribution in [1.82, 2.24) is 29.1 Å².